The van der Waals surface area contributed by atoms with Crippen LogP contribution in [0.1, 0.15) is 28.0 Å². The quantitative estimate of drug-likeness (QED) is 0.417. The van der Waals surface area contributed by atoms with Gasteiger partial charge in [-0.1, -0.05) is 34.1 Å². The summed E-state index contributed by atoms with van der Waals surface area (Å²) in [5.74, 6) is -0.594. The minimum absolute atomic E-state index is 0.183. The van der Waals surface area contributed by atoms with Gasteiger partial charge in [-0.15, -0.1) is 0 Å². The average Bonchev–Trinajstić information content (AvgIpc) is 3.15. The summed E-state index contributed by atoms with van der Waals surface area (Å²) < 4.78 is 21.9. The lowest BCUT2D eigenvalue weighted by atomic mass is 10.1. The van der Waals surface area contributed by atoms with Gasteiger partial charge in [0.15, 0.2) is 0 Å². The molecule has 2 aromatic carbocycles. The molecule has 3 aromatic rings. The summed E-state index contributed by atoms with van der Waals surface area (Å²) in [7, 11) is 1.64. The van der Waals surface area contributed by atoms with Crippen molar-refractivity contribution in [3.8, 4) is 0 Å². The molecule has 0 aliphatic rings. The Morgan fingerprint density at radius 2 is 1.93 bits per heavy atom. The number of hydrogen-bond acceptors (Lipinski definition) is 2. The van der Waals surface area contributed by atoms with Gasteiger partial charge in [-0.25, -0.2) is 4.39 Å². The minimum atomic E-state index is -0.411. The van der Waals surface area contributed by atoms with E-state index in [4.69, 9.17) is 4.74 Å². The van der Waals surface area contributed by atoms with Crippen LogP contribution in [0.25, 0.3) is 0 Å². The van der Waals surface area contributed by atoms with Crippen LogP contribution in [0.3, 0.4) is 0 Å². The predicted octanol–water partition coefficient (Wildman–Crippen LogP) is 5.12. The third kappa shape index (κ3) is 6.02. The monoisotopic (exact) mass is 458 g/mol. The molecule has 0 unspecified atom stereocenters. The van der Waals surface area contributed by atoms with Crippen LogP contribution < -0.4 is 0 Å². The summed E-state index contributed by atoms with van der Waals surface area (Å²) in [6.45, 7) is 2.26. The first-order valence-corrected chi connectivity index (χ1v) is 10.3. The van der Waals surface area contributed by atoms with E-state index in [-0.39, 0.29) is 5.91 Å². The Balaban J connectivity index is 1.78. The number of hydrogen-bond donors (Lipinski definition) is 0. The average molecular weight is 459 g/mol. The summed E-state index contributed by atoms with van der Waals surface area (Å²) in [6.07, 6.45) is 2.72. The van der Waals surface area contributed by atoms with Crippen molar-refractivity contribution >= 4 is 21.8 Å². The van der Waals surface area contributed by atoms with Crippen LogP contribution in [0.5, 0.6) is 0 Å². The van der Waals surface area contributed by atoms with Crippen molar-refractivity contribution in [2.24, 2.45) is 0 Å². The lowest BCUT2D eigenvalue weighted by Gasteiger charge is -2.24. The third-order valence-electron chi connectivity index (χ3n) is 4.68. The number of amides is 1. The summed E-state index contributed by atoms with van der Waals surface area (Å²) in [6, 6.07) is 18.0. The first kappa shape index (κ1) is 21.3. The van der Waals surface area contributed by atoms with E-state index in [1.54, 1.807) is 24.1 Å². The SMILES string of the molecule is COCCCN(Cc1cccn1Cc1ccc(Br)cc1)C(=O)c1cccc(F)c1. The molecule has 0 spiro atoms. The Hall–Kier alpha value is -2.44. The smallest absolute Gasteiger partial charge is 0.254 e. The molecule has 6 heteroatoms. The van der Waals surface area contributed by atoms with Crippen LogP contribution in [0.15, 0.2) is 71.3 Å². The zero-order valence-electron chi connectivity index (χ0n) is 16.4. The number of benzene rings is 2. The number of methoxy groups -OCH3 is 1. The molecule has 152 valence electrons. The second-order valence-corrected chi connectivity index (χ2v) is 7.75. The van der Waals surface area contributed by atoms with Gasteiger partial charge in [-0.3, -0.25) is 4.79 Å². The van der Waals surface area contributed by atoms with E-state index in [2.05, 4.69) is 32.6 Å². The van der Waals surface area contributed by atoms with Gasteiger partial charge in [0.05, 0.1) is 6.54 Å². The number of nitrogens with zero attached hydrogens (tertiary/aromatic N) is 2. The Labute approximate surface area is 179 Å². The number of ether oxygens (including phenoxy) is 1. The van der Waals surface area contributed by atoms with E-state index in [1.165, 1.54) is 17.7 Å². The molecule has 0 aliphatic heterocycles. The number of carbonyl (C=O) groups excluding carboxylic acids is 1. The fraction of sp³-hybridized carbons (Fsp3) is 0.261. The molecule has 0 saturated carbocycles. The Morgan fingerprint density at radius 1 is 1.14 bits per heavy atom. The summed E-state index contributed by atoms with van der Waals surface area (Å²) in [5, 5.41) is 0. The van der Waals surface area contributed by atoms with Crippen molar-refractivity contribution in [2.75, 3.05) is 20.3 Å². The van der Waals surface area contributed by atoms with E-state index >= 15 is 0 Å². The van der Waals surface area contributed by atoms with E-state index in [9.17, 15) is 9.18 Å². The van der Waals surface area contributed by atoms with Crippen molar-refractivity contribution in [3.63, 3.8) is 0 Å². The van der Waals surface area contributed by atoms with Gasteiger partial charge < -0.3 is 14.2 Å². The van der Waals surface area contributed by atoms with Gasteiger partial charge in [-0.2, -0.15) is 0 Å². The van der Waals surface area contributed by atoms with Crippen molar-refractivity contribution in [3.05, 3.63) is 94.0 Å². The van der Waals surface area contributed by atoms with Gasteiger partial charge in [0.1, 0.15) is 5.82 Å². The van der Waals surface area contributed by atoms with Crippen molar-refractivity contribution in [2.45, 2.75) is 19.5 Å². The molecule has 1 heterocycles. The number of halogens is 2. The molecule has 0 atom stereocenters. The molecule has 1 amide bonds. The predicted molar refractivity (Wildman–Crippen MR) is 115 cm³/mol. The molecular weight excluding hydrogens is 435 g/mol. The maximum atomic E-state index is 13.6. The zero-order chi connectivity index (χ0) is 20.6. The van der Waals surface area contributed by atoms with Gasteiger partial charge in [-0.05, 0) is 54.4 Å². The van der Waals surface area contributed by atoms with Gasteiger partial charge in [0.25, 0.3) is 5.91 Å². The first-order valence-electron chi connectivity index (χ1n) is 9.49. The van der Waals surface area contributed by atoms with Crippen LogP contribution in [0, 0.1) is 5.82 Å². The molecule has 3 rings (SSSR count). The maximum absolute atomic E-state index is 13.6. The van der Waals surface area contributed by atoms with Crippen LogP contribution in [0.4, 0.5) is 4.39 Å². The number of aromatic nitrogens is 1. The molecule has 1 aromatic heterocycles. The largest absolute Gasteiger partial charge is 0.385 e. The lowest BCUT2D eigenvalue weighted by molar-refractivity contribution is 0.0719. The Kier molecular flexibility index (Phi) is 7.61. The topological polar surface area (TPSA) is 34.5 Å². The van der Waals surface area contributed by atoms with Crippen LogP contribution in [0.2, 0.25) is 0 Å². The normalized spacial score (nSPS) is 10.9. The van der Waals surface area contributed by atoms with E-state index in [1.807, 2.05) is 30.5 Å². The molecule has 29 heavy (non-hydrogen) atoms. The fourth-order valence-electron chi connectivity index (χ4n) is 3.19. The highest BCUT2D eigenvalue weighted by molar-refractivity contribution is 9.10. The second kappa shape index (κ2) is 10.4. The summed E-state index contributed by atoms with van der Waals surface area (Å²) in [4.78, 5) is 14.8. The molecular formula is C23H24BrFN2O2. The minimum Gasteiger partial charge on any atom is -0.385 e. The summed E-state index contributed by atoms with van der Waals surface area (Å²) in [5.41, 5.74) is 2.55. The lowest BCUT2D eigenvalue weighted by Crippen LogP contribution is -2.33. The molecule has 0 radical (unpaired) electrons. The molecule has 0 fully saturated rings. The van der Waals surface area contributed by atoms with Crippen LogP contribution in [-0.4, -0.2) is 35.6 Å². The highest BCUT2D eigenvalue weighted by Gasteiger charge is 2.18. The molecule has 0 saturated heterocycles. The van der Waals surface area contributed by atoms with E-state index < -0.39 is 5.82 Å². The van der Waals surface area contributed by atoms with Crippen molar-refractivity contribution < 1.29 is 13.9 Å². The van der Waals surface area contributed by atoms with Crippen LogP contribution >= 0.6 is 15.9 Å². The molecule has 0 aliphatic carbocycles. The Morgan fingerprint density at radius 3 is 2.66 bits per heavy atom. The maximum Gasteiger partial charge on any atom is 0.254 e. The molecule has 0 N–H and O–H groups in total. The highest BCUT2D eigenvalue weighted by atomic mass is 79.9. The van der Waals surface area contributed by atoms with Gasteiger partial charge in [0, 0.05) is 48.7 Å². The standard InChI is InChI=1S/C23H24BrFN2O2/c1-29-14-4-13-27(23(28)19-5-2-6-21(25)15-19)17-22-7-3-12-26(22)16-18-8-10-20(24)11-9-18/h2-3,5-12,15H,4,13-14,16-17H2,1H3. The molecule has 4 nitrogen and oxygen atoms in total. The second-order valence-electron chi connectivity index (χ2n) is 6.84. The van der Waals surface area contributed by atoms with Crippen molar-refractivity contribution in [1.29, 1.82) is 0 Å². The fourth-order valence-corrected chi connectivity index (χ4v) is 3.45. The summed E-state index contributed by atoms with van der Waals surface area (Å²) >= 11 is 3.46. The zero-order valence-corrected chi connectivity index (χ0v) is 17.9. The number of rotatable bonds is 9. The van der Waals surface area contributed by atoms with Gasteiger partial charge >= 0.3 is 0 Å². The first-order chi connectivity index (χ1) is 14.1. The highest BCUT2D eigenvalue weighted by Crippen LogP contribution is 2.16. The third-order valence-corrected chi connectivity index (χ3v) is 5.21. The van der Waals surface area contributed by atoms with Crippen LogP contribution in [-0.2, 0) is 17.8 Å². The van der Waals surface area contributed by atoms with E-state index in [0.29, 0.717) is 31.7 Å². The van der Waals surface area contributed by atoms with Gasteiger partial charge in [0.2, 0.25) is 0 Å². The van der Waals surface area contributed by atoms with E-state index in [0.717, 1.165) is 16.7 Å². The number of carbonyl (C=O) groups is 1. The Bertz CT molecular complexity index is 940. The molecule has 0 bridgehead atoms. The van der Waals surface area contributed by atoms with Crippen molar-refractivity contribution in [1.82, 2.24) is 9.47 Å².